The molecule has 0 unspecified atom stereocenters. The van der Waals surface area contributed by atoms with E-state index in [1.54, 1.807) is 0 Å². The van der Waals surface area contributed by atoms with Gasteiger partial charge in [0, 0.05) is 6.42 Å². The van der Waals surface area contributed by atoms with E-state index in [-0.39, 0.29) is 6.61 Å². The maximum Gasteiger partial charge on any atom is 0.111 e. The van der Waals surface area contributed by atoms with Crippen LogP contribution in [0.25, 0.3) is 0 Å². The van der Waals surface area contributed by atoms with Gasteiger partial charge in [0.2, 0.25) is 0 Å². The molecule has 0 bridgehead atoms. The van der Waals surface area contributed by atoms with Crippen molar-refractivity contribution in [3.8, 4) is 0 Å². The lowest BCUT2D eigenvalue weighted by atomic mass is 10.2. The van der Waals surface area contributed by atoms with Gasteiger partial charge in [-0.15, -0.1) is 0 Å². The fraction of sp³-hybridized carbons (Fsp3) is 0.833. The lowest BCUT2D eigenvalue weighted by Gasteiger charge is -2.09. The van der Waals surface area contributed by atoms with Gasteiger partial charge < -0.3 is 19.3 Å². The van der Waals surface area contributed by atoms with Crippen LogP contribution in [0.15, 0.2) is 12.3 Å². The van der Waals surface area contributed by atoms with Crippen LogP contribution >= 0.6 is 0 Å². The molecule has 0 aromatic carbocycles. The SMILES string of the molecule is C=C(CCCC)OCCOCCOCCO. The highest BCUT2D eigenvalue weighted by molar-refractivity contribution is 4.81. The fourth-order valence-electron chi connectivity index (χ4n) is 1.08. The molecule has 96 valence electrons. The van der Waals surface area contributed by atoms with Crippen molar-refractivity contribution in [1.82, 2.24) is 0 Å². The zero-order valence-electron chi connectivity index (χ0n) is 10.2. The Morgan fingerprint density at radius 3 is 2.31 bits per heavy atom. The maximum atomic E-state index is 8.44. The van der Waals surface area contributed by atoms with Crippen molar-refractivity contribution in [2.24, 2.45) is 0 Å². The van der Waals surface area contributed by atoms with Crippen LogP contribution in [0.2, 0.25) is 0 Å². The van der Waals surface area contributed by atoms with Crippen LogP contribution in [-0.4, -0.2) is 44.7 Å². The van der Waals surface area contributed by atoms with Crippen LogP contribution in [0.5, 0.6) is 0 Å². The molecule has 0 aliphatic heterocycles. The molecule has 0 heterocycles. The molecular weight excluding hydrogens is 208 g/mol. The van der Waals surface area contributed by atoms with E-state index in [1.165, 1.54) is 0 Å². The van der Waals surface area contributed by atoms with Gasteiger partial charge in [0.05, 0.1) is 38.8 Å². The highest BCUT2D eigenvalue weighted by Gasteiger charge is 1.95. The lowest BCUT2D eigenvalue weighted by molar-refractivity contribution is 0.0170. The standard InChI is InChI=1S/C12H24O4/c1-3-4-5-12(2)16-11-10-15-9-8-14-7-6-13/h13H,2-11H2,1H3. The number of hydrogen-bond acceptors (Lipinski definition) is 4. The minimum atomic E-state index is 0.0559. The highest BCUT2D eigenvalue weighted by Crippen LogP contribution is 2.05. The van der Waals surface area contributed by atoms with Crippen LogP contribution in [0, 0.1) is 0 Å². The van der Waals surface area contributed by atoms with Crippen molar-refractivity contribution in [2.75, 3.05) is 39.6 Å². The number of aliphatic hydroxyl groups is 1. The monoisotopic (exact) mass is 232 g/mol. The van der Waals surface area contributed by atoms with Crippen LogP contribution < -0.4 is 0 Å². The summed E-state index contributed by atoms with van der Waals surface area (Å²) in [4.78, 5) is 0. The average Bonchev–Trinajstić information content (AvgIpc) is 2.30. The van der Waals surface area contributed by atoms with Gasteiger partial charge in [-0.3, -0.25) is 0 Å². The number of aliphatic hydroxyl groups excluding tert-OH is 1. The molecule has 0 aliphatic rings. The molecule has 0 amide bonds. The van der Waals surface area contributed by atoms with Crippen molar-refractivity contribution in [2.45, 2.75) is 26.2 Å². The minimum absolute atomic E-state index is 0.0559. The van der Waals surface area contributed by atoms with Gasteiger partial charge in [0.15, 0.2) is 0 Å². The first-order chi connectivity index (χ1) is 7.81. The smallest absolute Gasteiger partial charge is 0.111 e. The summed E-state index contributed by atoms with van der Waals surface area (Å²) < 4.78 is 15.7. The van der Waals surface area contributed by atoms with Gasteiger partial charge in [-0.05, 0) is 6.42 Å². The molecule has 4 nitrogen and oxygen atoms in total. The largest absolute Gasteiger partial charge is 0.496 e. The number of ether oxygens (including phenoxy) is 3. The Kier molecular flexibility index (Phi) is 12.0. The third kappa shape index (κ3) is 11.5. The predicted octanol–water partition coefficient (Wildman–Crippen LogP) is 1.73. The zero-order chi connectivity index (χ0) is 12.1. The molecule has 0 spiro atoms. The number of unbranched alkanes of at least 4 members (excludes halogenated alkanes) is 1. The first-order valence-electron chi connectivity index (χ1n) is 5.88. The van der Waals surface area contributed by atoms with E-state index < -0.39 is 0 Å². The van der Waals surface area contributed by atoms with Gasteiger partial charge in [-0.2, -0.15) is 0 Å². The van der Waals surface area contributed by atoms with Gasteiger partial charge in [0.25, 0.3) is 0 Å². The fourth-order valence-corrected chi connectivity index (χ4v) is 1.08. The summed E-state index contributed by atoms with van der Waals surface area (Å²) in [6.07, 6.45) is 3.20. The second-order valence-electron chi connectivity index (χ2n) is 3.44. The zero-order valence-corrected chi connectivity index (χ0v) is 10.2. The number of allylic oxidation sites excluding steroid dienone is 1. The summed E-state index contributed by atoms with van der Waals surface area (Å²) >= 11 is 0. The topological polar surface area (TPSA) is 47.9 Å². The van der Waals surface area contributed by atoms with Crippen molar-refractivity contribution in [3.63, 3.8) is 0 Å². The Labute approximate surface area is 98.2 Å². The molecule has 16 heavy (non-hydrogen) atoms. The molecule has 4 heteroatoms. The average molecular weight is 232 g/mol. The Balaban J connectivity index is 3.05. The molecule has 0 saturated heterocycles. The maximum absolute atomic E-state index is 8.44. The van der Waals surface area contributed by atoms with E-state index >= 15 is 0 Å². The third-order valence-electron chi connectivity index (χ3n) is 1.95. The van der Waals surface area contributed by atoms with Gasteiger partial charge in [0.1, 0.15) is 6.61 Å². The molecule has 0 aliphatic carbocycles. The first-order valence-corrected chi connectivity index (χ1v) is 5.88. The Morgan fingerprint density at radius 1 is 1.06 bits per heavy atom. The second kappa shape index (κ2) is 12.5. The lowest BCUT2D eigenvalue weighted by Crippen LogP contribution is -2.10. The Hall–Kier alpha value is -0.580. The normalized spacial score (nSPS) is 10.4. The summed E-state index contributed by atoms with van der Waals surface area (Å²) in [7, 11) is 0. The number of hydrogen-bond donors (Lipinski definition) is 1. The van der Waals surface area contributed by atoms with Crippen molar-refractivity contribution in [3.05, 3.63) is 12.3 Å². The van der Waals surface area contributed by atoms with E-state index in [4.69, 9.17) is 19.3 Å². The van der Waals surface area contributed by atoms with Crippen molar-refractivity contribution in [1.29, 1.82) is 0 Å². The second-order valence-corrected chi connectivity index (χ2v) is 3.44. The summed E-state index contributed by atoms with van der Waals surface area (Å²) in [5.41, 5.74) is 0. The van der Waals surface area contributed by atoms with E-state index in [0.29, 0.717) is 33.0 Å². The molecule has 0 aromatic heterocycles. The molecular formula is C12H24O4. The van der Waals surface area contributed by atoms with Crippen LogP contribution in [0.4, 0.5) is 0 Å². The minimum Gasteiger partial charge on any atom is -0.496 e. The van der Waals surface area contributed by atoms with Gasteiger partial charge in [-0.25, -0.2) is 0 Å². The van der Waals surface area contributed by atoms with Crippen LogP contribution in [0.1, 0.15) is 26.2 Å². The van der Waals surface area contributed by atoms with E-state index in [1.807, 2.05) is 0 Å². The summed E-state index contributed by atoms with van der Waals surface area (Å²) in [6, 6.07) is 0. The third-order valence-corrected chi connectivity index (χ3v) is 1.95. The predicted molar refractivity (Wildman–Crippen MR) is 63.3 cm³/mol. The van der Waals surface area contributed by atoms with Gasteiger partial charge in [-0.1, -0.05) is 19.9 Å². The Bertz CT molecular complexity index is 159. The molecule has 0 radical (unpaired) electrons. The summed E-state index contributed by atoms with van der Waals surface area (Å²) in [5, 5.41) is 8.44. The first kappa shape index (κ1) is 15.4. The van der Waals surface area contributed by atoms with Crippen LogP contribution in [-0.2, 0) is 14.2 Å². The van der Waals surface area contributed by atoms with Gasteiger partial charge >= 0.3 is 0 Å². The van der Waals surface area contributed by atoms with E-state index in [9.17, 15) is 0 Å². The van der Waals surface area contributed by atoms with Crippen molar-refractivity contribution >= 4 is 0 Å². The number of rotatable bonds is 12. The molecule has 1 N–H and O–H groups in total. The molecule has 0 rings (SSSR count). The molecule has 0 atom stereocenters. The highest BCUT2D eigenvalue weighted by atomic mass is 16.5. The summed E-state index contributed by atoms with van der Waals surface area (Å²) in [6.45, 7) is 8.52. The van der Waals surface area contributed by atoms with E-state index in [0.717, 1.165) is 25.0 Å². The van der Waals surface area contributed by atoms with Crippen molar-refractivity contribution < 1.29 is 19.3 Å². The summed E-state index contributed by atoms with van der Waals surface area (Å²) in [5.74, 6) is 0.835. The molecule has 0 aromatic rings. The van der Waals surface area contributed by atoms with E-state index in [2.05, 4.69) is 13.5 Å². The molecule has 0 fully saturated rings. The Morgan fingerprint density at radius 2 is 1.69 bits per heavy atom. The quantitative estimate of drug-likeness (QED) is 0.411. The van der Waals surface area contributed by atoms with Crippen LogP contribution in [0.3, 0.4) is 0 Å². The molecule has 0 saturated carbocycles.